The SMILES string of the molecule is O=C(c1ccc(-c2ccc(F)cn2)cc1)C(F)(F)F. The van der Waals surface area contributed by atoms with Gasteiger partial charge in [-0.1, -0.05) is 24.3 Å². The molecule has 0 bridgehead atoms. The molecular weight excluding hydrogens is 262 g/mol. The van der Waals surface area contributed by atoms with E-state index in [0.29, 0.717) is 11.3 Å². The molecule has 2 aromatic rings. The van der Waals surface area contributed by atoms with Crippen molar-refractivity contribution in [2.45, 2.75) is 6.18 Å². The lowest BCUT2D eigenvalue weighted by molar-refractivity contribution is -0.0885. The molecule has 0 saturated carbocycles. The molecule has 1 aromatic carbocycles. The highest BCUT2D eigenvalue weighted by atomic mass is 19.4. The minimum absolute atomic E-state index is 0.410. The second-order valence-electron chi connectivity index (χ2n) is 3.77. The fraction of sp³-hybridized carbons (Fsp3) is 0.0769. The number of aromatic nitrogens is 1. The highest BCUT2D eigenvalue weighted by Gasteiger charge is 2.39. The first-order valence-electron chi connectivity index (χ1n) is 5.21. The van der Waals surface area contributed by atoms with Crippen LogP contribution in [-0.4, -0.2) is 16.9 Å². The summed E-state index contributed by atoms with van der Waals surface area (Å²) in [5.41, 5.74) is 0.462. The first kappa shape index (κ1) is 13.2. The second-order valence-corrected chi connectivity index (χ2v) is 3.77. The quantitative estimate of drug-likeness (QED) is 0.615. The fourth-order valence-corrected chi connectivity index (χ4v) is 1.50. The van der Waals surface area contributed by atoms with Crippen LogP contribution in [-0.2, 0) is 0 Å². The Morgan fingerprint density at radius 1 is 1.00 bits per heavy atom. The van der Waals surface area contributed by atoms with Gasteiger partial charge in [0.05, 0.1) is 11.9 Å². The van der Waals surface area contributed by atoms with Crippen LogP contribution >= 0.6 is 0 Å². The van der Waals surface area contributed by atoms with E-state index < -0.39 is 23.3 Å². The minimum atomic E-state index is -4.89. The Balaban J connectivity index is 2.28. The van der Waals surface area contributed by atoms with E-state index in [1.165, 1.54) is 24.3 Å². The van der Waals surface area contributed by atoms with E-state index in [-0.39, 0.29) is 0 Å². The number of carbonyl (C=O) groups is 1. The maximum absolute atomic E-state index is 12.7. The van der Waals surface area contributed by atoms with Crippen LogP contribution in [0.4, 0.5) is 17.6 Å². The van der Waals surface area contributed by atoms with E-state index in [1.54, 1.807) is 0 Å². The van der Waals surface area contributed by atoms with E-state index in [9.17, 15) is 22.4 Å². The Hall–Kier alpha value is -2.24. The Kier molecular flexibility index (Phi) is 3.33. The molecule has 0 unspecified atom stereocenters. The summed E-state index contributed by atoms with van der Waals surface area (Å²) in [5, 5.41) is 0. The lowest BCUT2D eigenvalue weighted by atomic mass is 10.1. The van der Waals surface area contributed by atoms with Gasteiger partial charge in [0, 0.05) is 11.1 Å². The van der Waals surface area contributed by atoms with Crippen molar-refractivity contribution in [3.63, 3.8) is 0 Å². The molecule has 2 nitrogen and oxygen atoms in total. The summed E-state index contributed by atoms with van der Waals surface area (Å²) in [6, 6.07) is 7.39. The van der Waals surface area contributed by atoms with E-state index in [4.69, 9.17) is 0 Å². The number of rotatable bonds is 2. The van der Waals surface area contributed by atoms with Gasteiger partial charge in [-0.25, -0.2) is 4.39 Å². The van der Waals surface area contributed by atoms with Crippen molar-refractivity contribution >= 4 is 5.78 Å². The topological polar surface area (TPSA) is 30.0 Å². The normalized spacial score (nSPS) is 11.4. The summed E-state index contributed by atoms with van der Waals surface area (Å²) in [6.45, 7) is 0. The van der Waals surface area contributed by atoms with Gasteiger partial charge >= 0.3 is 6.18 Å². The van der Waals surface area contributed by atoms with E-state index >= 15 is 0 Å². The Labute approximate surface area is 105 Å². The highest BCUT2D eigenvalue weighted by Crippen LogP contribution is 2.23. The molecule has 0 aliphatic carbocycles. The molecule has 0 N–H and O–H groups in total. The van der Waals surface area contributed by atoms with E-state index in [0.717, 1.165) is 18.3 Å². The molecule has 0 spiro atoms. The second kappa shape index (κ2) is 4.79. The maximum atomic E-state index is 12.7. The van der Waals surface area contributed by atoms with Crippen molar-refractivity contribution in [3.8, 4) is 11.3 Å². The zero-order valence-corrected chi connectivity index (χ0v) is 9.41. The number of pyridine rings is 1. The minimum Gasteiger partial charge on any atom is -0.284 e. The number of benzene rings is 1. The molecular formula is C13H7F4NO. The van der Waals surface area contributed by atoms with E-state index in [2.05, 4.69) is 4.98 Å². The summed E-state index contributed by atoms with van der Waals surface area (Å²) >= 11 is 0. The van der Waals surface area contributed by atoms with Gasteiger partial charge in [-0.2, -0.15) is 13.2 Å². The summed E-state index contributed by atoms with van der Waals surface area (Å²) in [4.78, 5) is 14.8. The standard InChI is InChI=1S/C13H7F4NO/c14-10-5-6-11(18-7-10)8-1-3-9(4-2-8)12(19)13(15,16)17/h1-7H. The van der Waals surface area contributed by atoms with Gasteiger partial charge in [-0.05, 0) is 12.1 Å². The lowest BCUT2D eigenvalue weighted by Crippen LogP contribution is -2.22. The predicted octanol–water partition coefficient (Wildman–Crippen LogP) is 3.63. The molecule has 0 fully saturated rings. The van der Waals surface area contributed by atoms with Crippen molar-refractivity contribution in [2.24, 2.45) is 0 Å². The van der Waals surface area contributed by atoms with Crippen LogP contribution in [0.3, 0.4) is 0 Å². The third-order valence-electron chi connectivity index (χ3n) is 2.43. The first-order chi connectivity index (χ1) is 8.88. The van der Waals surface area contributed by atoms with Crippen LogP contribution < -0.4 is 0 Å². The molecule has 0 saturated heterocycles. The van der Waals surface area contributed by atoms with Crippen molar-refractivity contribution in [3.05, 3.63) is 54.0 Å². The molecule has 2 rings (SSSR count). The fourth-order valence-electron chi connectivity index (χ4n) is 1.50. The van der Waals surface area contributed by atoms with Crippen LogP contribution in [0.2, 0.25) is 0 Å². The van der Waals surface area contributed by atoms with Crippen molar-refractivity contribution in [2.75, 3.05) is 0 Å². The molecule has 6 heteroatoms. The van der Waals surface area contributed by atoms with Crippen molar-refractivity contribution < 1.29 is 22.4 Å². The Morgan fingerprint density at radius 3 is 2.11 bits per heavy atom. The average molecular weight is 269 g/mol. The number of Topliss-reactive ketones (excluding diaryl/α,β-unsaturated/α-hetero) is 1. The molecule has 0 amide bonds. The molecule has 0 radical (unpaired) electrons. The molecule has 0 aliphatic heterocycles. The summed E-state index contributed by atoms with van der Waals surface area (Å²) in [7, 11) is 0. The number of ketones is 1. The monoisotopic (exact) mass is 269 g/mol. The van der Waals surface area contributed by atoms with Crippen molar-refractivity contribution in [1.82, 2.24) is 4.98 Å². The van der Waals surface area contributed by atoms with Crippen LogP contribution in [0.1, 0.15) is 10.4 Å². The van der Waals surface area contributed by atoms with Crippen LogP contribution in [0.25, 0.3) is 11.3 Å². The number of hydrogen-bond donors (Lipinski definition) is 0. The van der Waals surface area contributed by atoms with E-state index in [1.807, 2.05) is 0 Å². The third kappa shape index (κ3) is 2.96. The summed E-state index contributed by atoms with van der Waals surface area (Å²) in [5.74, 6) is -2.40. The van der Waals surface area contributed by atoms with Crippen molar-refractivity contribution in [1.29, 1.82) is 0 Å². The largest absolute Gasteiger partial charge is 0.454 e. The summed E-state index contributed by atoms with van der Waals surface area (Å²) in [6.07, 6.45) is -3.89. The molecule has 0 aliphatic rings. The lowest BCUT2D eigenvalue weighted by Gasteiger charge is -2.06. The molecule has 1 heterocycles. The van der Waals surface area contributed by atoms with Gasteiger partial charge in [0.25, 0.3) is 5.78 Å². The number of carbonyl (C=O) groups excluding carboxylic acids is 1. The number of hydrogen-bond acceptors (Lipinski definition) is 2. The van der Waals surface area contributed by atoms with Gasteiger partial charge in [0.1, 0.15) is 5.82 Å². The molecule has 0 atom stereocenters. The molecule has 1 aromatic heterocycles. The zero-order chi connectivity index (χ0) is 14.0. The van der Waals surface area contributed by atoms with Gasteiger partial charge in [0.15, 0.2) is 0 Å². The number of nitrogens with zero attached hydrogens (tertiary/aromatic N) is 1. The predicted molar refractivity (Wildman–Crippen MR) is 60.0 cm³/mol. The van der Waals surface area contributed by atoms with Crippen LogP contribution in [0.15, 0.2) is 42.6 Å². The van der Waals surface area contributed by atoms with Gasteiger partial charge in [-0.3, -0.25) is 9.78 Å². The Bertz CT molecular complexity index is 588. The first-order valence-corrected chi connectivity index (χ1v) is 5.21. The third-order valence-corrected chi connectivity index (χ3v) is 2.43. The maximum Gasteiger partial charge on any atom is 0.454 e. The number of alkyl halides is 3. The zero-order valence-electron chi connectivity index (χ0n) is 9.41. The number of halogens is 4. The summed E-state index contributed by atoms with van der Waals surface area (Å²) < 4.78 is 49.3. The average Bonchev–Trinajstić information content (AvgIpc) is 2.38. The molecule has 98 valence electrons. The van der Waals surface area contributed by atoms with Gasteiger partial charge in [-0.15, -0.1) is 0 Å². The molecule has 19 heavy (non-hydrogen) atoms. The Morgan fingerprint density at radius 2 is 1.63 bits per heavy atom. The van der Waals surface area contributed by atoms with Crippen LogP contribution in [0.5, 0.6) is 0 Å². The van der Waals surface area contributed by atoms with Gasteiger partial charge in [0.2, 0.25) is 0 Å². The highest BCUT2D eigenvalue weighted by molar-refractivity contribution is 6.00. The van der Waals surface area contributed by atoms with Gasteiger partial charge < -0.3 is 0 Å². The van der Waals surface area contributed by atoms with Crippen LogP contribution in [0, 0.1) is 5.82 Å². The smallest absolute Gasteiger partial charge is 0.284 e.